The fourth-order valence-corrected chi connectivity index (χ4v) is 20.6. The normalized spacial score (nSPS) is 14.8. The van der Waals surface area contributed by atoms with Crippen molar-refractivity contribution in [1.82, 2.24) is 0 Å². The van der Waals surface area contributed by atoms with Gasteiger partial charge < -0.3 is 0 Å². The van der Waals surface area contributed by atoms with Gasteiger partial charge in [0.25, 0.3) is 0 Å². The van der Waals surface area contributed by atoms with Crippen LogP contribution in [0.1, 0.15) is 99.8 Å². The topological polar surface area (TPSA) is 9.23 Å². The third-order valence-electron chi connectivity index (χ3n) is 7.18. The van der Waals surface area contributed by atoms with Crippen LogP contribution in [0.5, 0.6) is 0 Å². The number of hydrogen-bond acceptors (Lipinski definition) is 1. The Morgan fingerprint density at radius 3 is 1.77 bits per heavy atom. The van der Waals surface area contributed by atoms with Crippen LogP contribution in [-0.4, -0.2) is 32.8 Å². The van der Waals surface area contributed by atoms with E-state index in [1.54, 1.807) is 13.3 Å². The van der Waals surface area contributed by atoms with Gasteiger partial charge in [-0.1, -0.05) is 0 Å². The summed E-state index contributed by atoms with van der Waals surface area (Å²) in [6, 6.07) is 0. The van der Waals surface area contributed by atoms with Gasteiger partial charge in [-0.15, -0.1) is 0 Å². The minimum absolute atomic E-state index is 0.272. The summed E-state index contributed by atoms with van der Waals surface area (Å²) < 4.78 is 13.0. The summed E-state index contributed by atoms with van der Waals surface area (Å²) in [6.07, 6.45) is 20.6. The van der Waals surface area contributed by atoms with E-state index in [0.717, 1.165) is 12.8 Å². The Balaban J connectivity index is 4.95. The minimum atomic E-state index is -2.00. The Labute approximate surface area is 196 Å². The molecule has 0 aliphatic carbocycles. The van der Waals surface area contributed by atoms with Crippen molar-refractivity contribution in [3.8, 4) is 0 Å². The van der Waals surface area contributed by atoms with Crippen molar-refractivity contribution in [2.75, 3.05) is 0 Å². The van der Waals surface area contributed by atoms with Gasteiger partial charge in [-0.25, -0.2) is 0 Å². The van der Waals surface area contributed by atoms with Crippen molar-refractivity contribution in [3.05, 3.63) is 24.3 Å². The van der Waals surface area contributed by atoms with Gasteiger partial charge in [0, 0.05) is 0 Å². The number of hydrogen-bond donors (Lipinski definition) is 0. The molecule has 3 heteroatoms. The molecule has 0 rings (SSSR count). The molecular formula is C27H56OSiSn. The van der Waals surface area contributed by atoms with Gasteiger partial charge in [0.2, 0.25) is 0 Å². The molecule has 1 atom stereocenters. The van der Waals surface area contributed by atoms with Crippen LogP contribution in [0.15, 0.2) is 24.3 Å². The molecule has 0 saturated carbocycles. The van der Waals surface area contributed by atoms with Crippen LogP contribution in [0, 0.1) is 0 Å². The van der Waals surface area contributed by atoms with Gasteiger partial charge in [-0.05, 0) is 0 Å². The fraction of sp³-hybridized carbons (Fsp3) is 0.852. The Hall–Kier alpha value is 0.456. The molecule has 0 radical (unpaired) electrons. The molecule has 0 aliphatic rings. The SMILES string of the molecule is C/C=C/[C@@H](CC/C=C/[CH2][Sn]([CH2]CCC)([CH2]CCC)[CH2]CCC)O[Si](C)(C)C(C)(C)C. The third kappa shape index (κ3) is 12.5. The van der Waals surface area contributed by atoms with Crippen molar-refractivity contribution >= 4 is 26.7 Å². The molecule has 0 aromatic carbocycles. The Morgan fingerprint density at radius 2 is 1.37 bits per heavy atom. The number of unbranched alkanes of at least 4 members (excludes halogenated alkanes) is 3. The van der Waals surface area contributed by atoms with Gasteiger partial charge in [0.05, 0.1) is 0 Å². The molecule has 178 valence electrons. The van der Waals surface area contributed by atoms with Crippen LogP contribution >= 0.6 is 0 Å². The molecule has 0 heterocycles. The number of rotatable bonds is 17. The van der Waals surface area contributed by atoms with Crippen LogP contribution in [0.3, 0.4) is 0 Å². The second kappa shape index (κ2) is 16.1. The summed E-state index contributed by atoms with van der Waals surface area (Å²) in [4.78, 5) is 0. The summed E-state index contributed by atoms with van der Waals surface area (Å²) in [5.74, 6) is 0. The predicted molar refractivity (Wildman–Crippen MR) is 145 cm³/mol. The third-order valence-corrected chi connectivity index (χ3v) is 26.9. The fourth-order valence-electron chi connectivity index (χ4n) is 4.01. The van der Waals surface area contributed by atoms with E-state index in [9.17, 15) is 0 Å². The van der Waals surface area contributed by atoms with Crippen LogP contribution < -0.4 is 0 Å². The predicted octanol–water partition coefficient (Wildman–Crippen LogP) is 10.1. The summed E-state index contributed by atoms with van der Waals surface area (Å²) in [5, 5.41) is 0.272. The van der Waals surface area contributed by atoms with Crippen LogP contribution in [0.25, 0.3) is 0 Å². The van der Waals surface area contributed by atoms with Crippen LogP contribution in [-0.2, 0) is 4.43 Å². The van der Waals surface area contributed by atoms with Gasteiger partial charge in [-0.3, -0.25) is 0 Å². The first-order valence-electron chi connectivity index (χ1n) is 13.0. The number of allylic oxidation sites excluding steroid dienone is 3. The Morgan fingerprint density at radius 1 is 0.867 bits per heavy atom. The maximum atomic E-state index is 6.68. The summed E-state index contributed by atoms with van der Waals surface area (Å²) >= 11 is -2.00. The van der Waals surface area contributed by atoms with Crippen molar-refractivity contribution in [3.63, 3.8) is 0 Å². The molecule has 0 saturated heterocycles. The molecule has 0 bridgehead atoms. The average Bonchev–Trinajstić information content (AvgIpc) is 2.67. The zero-order chi connectivity index (χ0) is 23.1. The van der Waals surface area contributed by atoms with Crippen LogP contribution in [0.4, 0.5) is 0 Å². The molecule has 0 aliphatic heterocycles. The van der Waals surface area contributed by atoms with Crippen molar-refractivity contribution in [2.24, 2.45) is 0 Å². The molecule has 0 aromatic rings. The van der Waals surface area contributed by atoms with E-state index < -0.39 is 26.7 Å². The molecule has 0 amide bonds. The Bertz CT molecular complexity index is 454. The molecular weight excluding hydrogens is 487 g/mol. The van der Waals surface area contributed by atoms with Crippen molar-refractivity contribution in [2.45, 2.75) is 142 Å². The first-order chi connectivity index (χ1) is 14.1. The van der Waals surface area contributed by atoms with E-state index >= 15 is 0 Å². The van der Waals surface area contributed by atoms with Crippen LogP contribution in [0.2, 0.25) is 35.9 Å². The zero-order valence-electron chi connectivity index (χ0n) is 22.3. The average molecular weight is 544 g/mol. The standard InChI is InChI=1S/C15H29OSi.3C4H9.Sn/c1-8-10-11-13-14(12-9-2)16-17(6,7)15(3,4)5;3*1-3-4-2;/h8-10,12,14H,1,11,13H2,2-7H3;3*1,3-4H2,2H3;/b10-8+,12-9+;;;;/t14-;;;;/m0..../s1. The van der Waals surface area contributed by atoms with E-state index in [2.05, 4.69) is 85.9 Å². The molecule has 0 spiro atoms. The van der Waals surface area contributed by atoms with E-state index in [1.165, 1.54) is 43.0 Å². The zero-order valence-corrected chi connectivity index (χ0v) is 26.1. The van der Waals surface area contributed by atoms with Gasteiger partial charge in [0.15, 0.2) is 0 Å². The quantitative estimate of drug-likeness (QED) is 0.131. The van der Waals surface area contributed by atoms with E-state index in [-0.39, 0.29) is 11.1 Å². The monoisotopic (exact) mass is 544 g/mol. The van der Waals surface area contributed by atoms with Gasteiger partial charge >= 0.3 is 197 Å². The first-order valence-corrected chi connectivity index (χ1v) is 24.0. The van der Waals surface area contributed by atoms with Gasteiger partial charge in [0.1, 0.15) is 0 Å². The summed E-state index contributed by atoms with van der Waals surface area (Å²) in [5.41, 5.74) is 0. The van der Waals surface area contributed by atoms with E-state index in [0.29, 0.717) is 0 Å². The molecule has 1 nitrogen and oxygen atoms in total. The van der Waals surface area contributed by atoms with E-state index in [1.807, 2.05) is 0 Å². The molecule has 0 N–H and O–H groups in total. The molecule has 0 aromatic heterocycles. The van der Waals surface area contributed by atoms with Gasteiger partial charge in [-0.2, -0.15) is 0 Å². The second-order valence-electron chi connectivity index (χ2n) is 11.0. The summed E-state index contributed by atoms with van der Waals surface area (Å²) in [7, 11) is -1.71. The first kappa shape index (κ1) is 30.5. The molecule has 0 unspecified atom stereocenters. The van der Waals surface area contributed by atoms with E-state index in [4.69, 9.17) is 4.43 Å². The van der Waals surface area contributed by atoms with Crippen molar-refractivity contribution in [1.29, 1.82) is 0 Å². The second-order valence-corrected chi connectivity index (χ2v) is 29.8. The summed E-state index contributed by atoms with van der Waals surface area (Å²) in [6.45, 7) is 21.0. The maximum absolute atomic E-state index is 6.68. The molecule has 0 fully saturated rings. The molecule has 30 heavy (non-hydrogen) atoms. The Kier molecular flexibility index (Phi) is 16.4. The van der Waals surface area contributed by atoms with Crippen molar-refractivity contribution < 1.29 is 4.43 Å².